The number of nitrogens with zero attached hydrogens (tertiary/aromatic N) is 2. The van der Waals surface area contributed by atoms with Crippen molar-refractivity contribution in [1.82, 2.24) is 10.1 Å². The Labute approximate surface area is 109 Å². The molecule has 0 aromatic carbocycles. The molecule has 5 nitrogen and oxygen atoms in total. The van der Waals surface area contributed by atoms with Gasteiger partial charge in [-0.1, -0.05) is 25.9 Å². The lowest BCUT2D eigenvalue weighted by Gasteiger charge is -2.12. The van der Waals surface area contributed by atoms with Crippen molar-refractivity contribution >= 4 is 11.8 Å². The SMILES string of the molecule is CC(C)(C)c1cc(NC(=O)c2ccncc2F)on1. The van der Waals surface area contributed by atoms with Gasteiger partial charge in [0.2, 0.25) is 5.88 Å². The molecule has 6 heteroatoms. The van der Waals surface area contributed by atoms with E-state index in [9.17, 15) is 9.18 Å². The van der Waals surface area contributed by atoms with Crippen LogP contribution in [-0.2, 0) is 5.41 Å². The highest BCUT2D eigenvalue weighted by Gasteiger charge is 2.20. The second kappa shape index (κ2) is 4.79. The van der Waals surface area contributed by atoms with Gasteiger partial charge in [0, 0.05) is 17.7 Å². The maximum Gasteiger partial charge on any atom is 0.261 e. The van der Waals surface area contributed by atoms with Crippen LogP contribution in [0.25, 0.3) is 0 Å². The first-order valence-corrected chi connectivity index (χ1v) is 5.76. The Kier molecular flexibility index (Phi) is 3.33. The minimum absolute atomic E-state index is 0.0938. The van der Waals surface area contributed by atoms with Gasteiger partial charge in [-0.25, -0.2) is 4.39 Å². The van der Waals surface area contributed by atoms with Crippen LogP contribution >= 0.6 is 0 Å². The van der Waals surface area contributed by atoms with Gasteiger partial charge in [0.1, 0.15) is 0 Å². The summed E-state index contributed by atoms with van der Waals surface area (Å²) >= 11 is 0. The maximum absolute atomic E-state index is 13.4. The average molecular weight is 263 g/mol. The molecule has 0 fully saturated rings. The van der Waals surface area contributed by atoms with Crippen molar-refractivity contribution in [2.45, 2.75) is 26.2 Å². The number of carbonyl (C=O) groups excluding carboxylic acids is 1. The van der Waals surface area contributed by atoms with Gasteiger partial charge >= 0.3 is 0 Å². The summed E-state index contributed by atoms with van der Waals surface area (Å²) in [6.45, 7) is 5.91. The molecular formula is C13H14FN3O2. The van der Waals surface area contributed by atoms with E-state index < -0.39 is 11.7 Å². The van der Waals surface area contributed by atoms with Crippen molar-refractivity contribution in [3.63, 3.8) is 0 Å². The Morgan fingerprint density at radius 1 is 1.42 bits per heavy atom. The van der Waals surface area contributed by atoms with Gasteiger partial charge in [-0.2, -0.15) is 0 Å². The van der Waals surface area contributed by atoms with Gasteiger partial charge in [-0.15, -0.1) is 0 Å². The molecule has 0 aliphatic heterocycles. The zero-order chi connectivity index (χ0) is 14.0. The highest BCUT2D eigenvalue weighted by molar-refractivity contribution is 6.03. The fraction of sp³-hybridized carbons (Fsp3) is 0.308. The highest BCUT2D eigenvalue weighted by Crippen LogP contribution is 2.23. The number of hydrogen-bond acceptors (Lipinski definition) is 4. The smallest absolute Gasteiger partial charge is 0.261 e. The van der Waals surface area contributed by atoms with E-state index in [1.54, 1.807) is 6.07 Å². The average Bonchev–Trinajstić information content (AvgIpc) is 2.77. The van der Waals surface area contributed by atoms with Crippen LogP contribution in [0.15, 0.2) is 29.0 Å². The van der Waals surface area contributed by atoms with E-state index in [2.05, 4.69) is 15.5 Å². The maximum atomic E-state index is 13.4. The summed E-state index contributed by atoms with van der Waals surface area (Å²) in [7, 11) is 0. The van der Waals surface area contributed by atoms with Crippen LogP contribution in [0.1, 0.15) is 36.8 Å². The topological polar surface area (TPSA) is 68.0 Å². The molecule has 1 N–H and O–H groups in total. The van der Waals surface area contributed by atoms with Crippen molar-refractivity contribution in [3.8, 4) is 0 Å². The fourth-order valence-corrected chi connectivity index (χ4v) is 1.43. The summed E-state index contributed by atoms with van der Waals surface area (Å²) in [6.07, 6.45) is 2.33. The van der Waals surface area contributed by atoms with Crippen molar-refractivity contribution in [1.29, 1.82) is 0 Å². The van der Waals surface area contributed by atoms with E-state index in [-0.39, 0.29) is 16.9 Å². The molecule has 2 rings (SSSR count). The molecule has 0 saturated carbocycles. The largest absolute Gasteiger partial charge is 0.338 e. The molecule has 0 aliphatic rings. The molecule has 0 saturated heterocycles. The number of aromatic nitrogens is 2. The summed E-state index contributed by atoms with van der Waals surface area (Å²) < 4.78 is 18.4. The molecule has 0 atom stereocenters. The fourth-order valence-electron chi connectivity index (χ4n) is 1.43. The third kappa shape index (κ3) is 2.96. The molecule has 2 heterocycles. The standard InChI is InChI=1S/C13H14FN3O2/c1-13(2,3)10-6-11(19-17-10)16-12(18)8-4-5-15-7-9(8)14/h4-7H,1-3H3,(H,16,18). The van der Waals surface area contributed by atoms with E-state index in [0.29, 0.717) is 5.69 Å². The van der Waals surface area contributed by atoms with E-state index in [1.807, 2.05) is 20.8 Å². The van der Waals surface area contributed by atoms with Gasteiger partial charge in [-0.3, -0.25) is 15.1 Å². The van der Waals surface area contributed by atoms with Gasteiger partial charge in [-0.05, 0) is 6.07 Å². The first-order chi connectivity index (χ1) is 8.88. The van der Waals surface area contributed by atoms with Crippen LogP contribution in [0.4, 0.5) is 10.3 Å². The minimum atomic E-state index is -0.685. The van der Waals surface area contributed by atoms with Gasteiger partial charge in [0.05, 0.1) is 17.5 Å². The van der Waals surface area contributed by atoms with Gasteiger partial charge in [0.25, 0.3) is 5.91 Å². The number of rotatable bonds is 2. The molecule has 2 aromatic heterocycles. The van der Waals surface area contributed by atoms with Crippen LogP contribution in [0.5, 0.6) is 0 Å². The van der Waals surface area contributed by atoms with E-state index in [1.165, 1.54) is 12.3 Å². The Morgan fingerprint density at radius 3 is 2.74 bits per heavy atom. The minimum Gasteiger partial charge on any atom is -0.338 e. The molecule has 1 amide bonds. The lowest BCUT2D eigenvalue weighted by atomic mass is 9.92. The van der Waals surface area contributed by atoms with Crippen molar-refractivity contribution in [2.75, 3.05) is 5.32 Å². The second-order valence-corrected chi connectivity index (χ2v) is 5.14. The van der Waals surface area contributed by atoms with Gasteiger partial charge < -0.3 is 4.52 Å². The summed E-state index contributed by atoms with van der Waals surface area (Å²) in [4.78, 5) is 15.4. The summed E-state index contributed by atoms with van der Waals surface area (Å²) in [6, 6.07) is 2.92. The van der Waals surface area contributed by atoms with E-state index in [4.69, 9.17) is 4.52 Å². The monoisotopic (exact) mass is 263 g/mol. The van der Waals surface area contributed by atoms with Crippen LogP contribution in [0.3, 0.4) is 0 Å². The third-order valence-electron chi connectivity index (χ3n) is 2.53. The number of carbonyl (C=O) groups is 1. The number of hydrogen-bond donors (Lipinski definition) is 1. The van der Waals surface area contributed by atoms with E-state index >= 15 is 0 Å². The molecule has 100 valence electrons. The molecule has 19 heavy (non-hydrogen) atoms. The normalized spacial score (nSPS) is 11.4. The van der Waals surface area contributed by atoms with Crippen LogP contribution in [-0.4, -0.2) is 16.0 Å². The predicted octanol–water partition coefficient (Wildman–Crippen LogP) is 2.76. The summed E-state index contributed by atoms with van der Waals surface area (Å²) in [5, 5.41) is 6.32. The summed E-state index contributed by atoms with van der Waals surface area (Å²) in [5.74, 6) is -1.10. The summed E-state index contributed by atoms with van der Waals surface area (Å²) in [5.41, 5.74) is 0.427. The second-order valence-electron chi connectivity index (χ2n) is 5.14. The number of pyridine rings is 1. The van der Waals surface area contributed by atoms with Crippen molar-refractivity contribution < 1.29 is 13.7 Å². The number of amides is 1. The van der Waals surface area contributed by atoms with Gasteiger partial charge in [0.15, 0.2) is 5.82 Å². The third-order valence-corrected chi connectivity index (χ3v) is 2.53. The van der Waals surface area contributed by atoms with Crippen LogP contribution in [0, 0.1) is 5.82 Å². The zero-order valence-electron chi connectivity index (χ0n) is 10.9. The Bertz CT molecular complexity index is 602. The number of nitrogens with one attached hydrogen (secondary N) is 1. The Morgan fingerprint density at radius 2 is 2.16 bits per heavy atom. The van der Waals surface area contributed by atoms with Crippen LogP contribution < -0.4 is 5.32 Å². The number of halogens is 1. The molecule has 2 aromatic rings. The first kappa shape index (κ1) is 13.2. The molecular weight excluding hydrogens is 249 g/mol. The predicted molar refractivity (Wildman–Crippen MR) is 67.4 cm³/mol. The number of anilines is 1. The lowest BCUT2D eigenvalue weighted by Crippen LogP contribution is -2.14. The van der Waals surface area contributed by atoms with Crippen LogP contribution in [0.2, 0.25) is 0 Å². The Hall–Kier alpha value is -2.24. The highest BCUT2D eigenvalue weighted by atomic mass is 19.1. The Balaban J connectivity index is 2.16. The van der Waals surface area contributed by atoms with E-state index in [0.717, 1.165) is 6.20 Å². The molecule has 0 bridgehead atoms. The quantitative estimate of drug-likeness (QED) is 0.904. The van der Waals surface area contributed by atoms with Crippen molar-refractivity contribution in [2.24, 2.45) is 0 Å². The first-order valence-electron chi connectivity index (χ1n) is 5.76. The molecule has 0 unspecified atom stereocenters. The molecule has 0 spiro atoms. The molecule has 0 radical (unpaired) electrons. The van der Waals surface area contributed by atoms with Crippen molar-refractivity contribution in [3.05, 3.63) is 41.6 Å². The molecule has 0 aliphatic carbocycles. The zero-order valence-corrected chi connectivity index (χ0v) is 10.9. The lowest BCUT2D eigenvalue weighted by molar-refractivity contribution is 0.102.